The van der Waals surface area contributed by atoms with E-state index in [1.807, 2.05) is 11.9 Å². The Hall–Kier alpha value is -3.12. The van der Waals surface area contributed by atoms with Crippen LogP contribution in [0.15, 0.2) is 61.2 Å². The number of amides is 2. The van der Waals surface area contributed by atoms with Gasteiger partial charge in [0.2, 0.25) is 0 Å². The Morgan fingerprint density at radius 1 is 1.00 bits per heavy atom. The maximum atomic E-state index is 13.8. The normalized spacial score (nSPS) is 19.4. The fourth-order valence-corrected chi connectivity index (χ4v) is 6.33. The Kier molecular flexibility index (Phi) is 7.65. The van der Waals surface area contributed by atoms with Crippen LogP contribution in [-0.4, -0.2) is 78.4 Å². The molecule has 2 saturated heterocycles. The lowest BCUT2D eigenvalue weighted by Gasteiger charge is -2.46. The fraction of sp³-hybridized carbons (Fsp3) is 0.484. The average molecular weight is 501 g/mol. The van der Waals surface area contributed by atoms with Crippen LogP contribution in [0.3, 0.4) is 0 Å². The maximum Gasteiger partial charge on any atom is 0.321 e. The highest BCUT2D eigenvalue weighted by atomic mass is 16.2. The number of hydrogen-bond acceptors (Lipinski definition) is 4. The van der Waals surface area contributed by atoms with Crippen molar-refractivity contribution in [3.05, 3.63) is 77.9 Å². The van der Waals surface area contributed by atoms with E-state index in [0.717, 1.165) is 51.9 Å². The monoisotopic (exact) mass is 500 g/mol. The van der Waals surface area contributed by atoms with E-state index in [1.54, 1.807) is 11.0 Å². The molecule has 3 aliphatic rings. The number of rotatable bonds is 8. The van der Waals surface area contributed by atoms with Gasteiger partial charge in [-0.1, -0.05) is 42.5 Å². The molecule has 0 saturated carbocycles. The van der Waals surface area contributed by atoms with Gasteiger partial charge in [0.1, 0.15) is 11.8 Å². The molecule has 0 unspecified atom stereocenters. The molecule has 0 N–H and O–H groups in total. The van der Waals surface area contributed by atoms with Gasteiger partial charge in [-0.15, -0.1) is 6.58 Å². The lowest BCUT2D eigenvalue weighted by Crippen LogP contribution is -2.61. The van der Waals surface area contributed by atoms with Crippen molar-refractivity contribution in [3.63, 3.8) is 0 Å². The lowest BCUT2D eigenvalue weighted by molar-refractivity contribution is -0.120. The minimum Gasteiger partial charge on any atom is -0.372 e. The summed E-state index contributed by atoms with van der Waals surface area (Å²) in [5.41, 5.74) is 4.44. The molecular weight excluding hydrogens is 460 g/mol. The summed E-state index contributed by atoms with van der Waals surface area (Å²) in [6.45, 7) is 9.01. The summed E-state index contributed by atoms with van der Waals surface area (Å²) in [7, 11) is 1.88. The van der Waals surface area contributed by atoms with Gasteiger partial charge in [-0.05, 0) is 67.3 Å². The zero-order valence-corrected chi connectivity index (χ0v) is 22.1. The molecule has 2 aliphatic heterocycles. The lowest BCUT2D eigenvalue weighted by atomic mass is 9.86. The van der Waals surface area contributed by atoms with Crippen LogP contribution in [0.5, 0.6) is 0 Å². The quantitative estimate of drug-likeness (QED) is 0.395. The number of aldehydes is 1. The van der Waals surface area contributed by atoms with Gasteiger partial charge in [-0.2, -0.15) is 0 Å². The summed E-state index contributed by atoms with van der Waals surface area (Å²) in [5, 5.41) is 0. The molecule has 2 aromatic carbocycles. The van der Waals surface area contributed by atoms with Gasteiger partial charge < -0.3 is 19.5 Å². The summed E-state index contributed by atoms with van der Waals surface area (Å²) in [4.78, 5) is 34.8. The highest BCUT2D eigenvalue weighted by Gasteiger charge is 2.44. The van der Waals surface area contributed by atoms with Crippen LogP contribution >= 0.6 is 0 Å². The summed E-state index contributed by atoms with van der Waals surface area (Å²) in [6.07, 6.45) is 8.33. The smallest absolute Gasteiger partial charge is 0.321 e. The number of benzene rings is 2. The molecule has 37 heavy (non-hydrogen) atoms. The van der Waals surface area contributed by atoms with E-state index in [4.69, 9.17) is 0 Å². The van der Waals surface area contributed by atoms with E-state index < -0.39 is 5.54 Å². The summed E-state index contributed by atoms with van der Waals surface area (Å²) in [6, 6.07) is 17.4. The third-order valence-corrected chi connectivity index (χ3v) is 8.71. The molecule has 1 aliphatic carbocycles. The van der Waals surface area contributed by atoms with Gasteiger partial charge in [-0.25, -0.2) is 4.79 Å². The van der Waals surface area contributed by atoms with Crippen molar-refractivity contribution in [3.8, 4) is 0 Å². The van der Waals surface area contributed by atoms with Gasteiger partial charge in [0, 0.05) is 58.0 Å². The summed E-state index contributed by atoms with van der Waals surface area (Å²) >= 11 is 0. The van der Waals surface area contributed by atoms with Crippen LogP contribution in [0.1, 0.15) is 42.4 Å². The molecule has 196 valence electrons. The maximum absolute atomic E-state index is 13.8. The Morgan fingerprint density at radius 3 is 2.19 bits per heavy atom. The van der Waals surface area contributed by atoms with E-state index >= 15 is 0 Å². The predicted octanol–water partition coefficient (Wildman–Crippen LogP) is 4.53. The Morgan fingerprint density at radius 2 is 1.62 bits per heavy atom. The van der Waals surface area contributed by atoms with Gasteiger partial charge in [0.15, 0.2) is 0 Å². The van der Waals surface area contributed by atoms with E-state index in [9.17, 15) is 9.59 Å². The topological polar surface area (TPSA) is 47.1 Å². The molecule has 0 radical (unpaired) electrons. The molecule has 6 nitrogen and oxygen atoms in total. The SMILES string of the molecule is C=CCN(C(=O)N(C)C1Cc2ccccc2C1)C1(C=O)CCN(Cc2ccc(N3CCCC3)cc2)CC1. The molecule has 2 heterocycles. The van der Waals surface area contributed by atoms with Crippen molar-refractivity contribution < 1.29 is 9.59 Å². The van der Waals surface area contributed by atoms with Gasteiger partial charge >= 0.3 is 6.03 Å². The van der Waals surface area contributed by atoms with E-state index in [1.165, 1.54) is 35.2 Å². The number of likely N-dealkylation sites (tertiary alicyclic amines) is 1. The Bertz CT molecular complexity index is 1080. The first kappa shape index (κ1) is 25.5. The zero-order valence-electron chi connectivity index (χ0n) is 22.1. The molecule has 0 aromatic heterocycles. The van der Waals surface area contributed by atoms with Crippen LogP contribution in [0.2, 0.25) is 0 Å². The van der Waals surface area contributed by atoms with Gasteiger partial charge in [-0.3, -0.25) is 4.90 Å². The van der Waals surface area contributed by atoms with Crippen molar-refractivity contribution in [1.82, 2.24) is 14.7 Å². The van der Waals surface area contributed by atoms with Gasteiger partial charge in [0.25, 0.3) is 0 Å². The van der Waals surface area contributed by atoms with Crippen LogP contribution in [0.25, 0.3) is 0 Å². The largest absolute Gasteiger partial charge is 0.372 e. The van der Waals surface area contributed by atoms with Crippen molar-refractivity contribution in [2.75, 3.05) is 44.7 Å². The standard InChI is InChI=1S/C31H40N4O2/c1-3-16-35(30(37)32(2)29-21-26-8-4-5-9-27(26)22-29)31(24-36)14-19-33(20-15-31)23-25-10-12-28(13-11-25)34-17-6-7-18-34/h3-5,8-13,24,29H,1,6-7,14-23H2,2H3. The third-order valence-electron chi connectivity index (χ3n) is 8.71. The first-order valence-corrected chi connectivity index (χ1v) is 13.8. The Balaban J connectivity index is 1.22. The molecule has 0 spiro atoms. The van der Waals surface area contributed by atoms with Crippen molar-refractivity contribution >= 4 is 18.0 Å². The van der Waals surface area contributed by atoms with Gasteiger partial charge in [0.05, 0.1) is 0 Å². The van der Waals surface area contributed by atoms with Crippen molar-refractivity contribution in [1.29, 1.82) is 0 Å². The van der Waals surface area contributed by atoms with E-state index in [2.05, 4.69) is 64.9 Å². The molecule has 5 rings (SSSR count). The van der Waals surface area contributed by atoms with E-state index in [0.29, 0.717) is 19.4 Å². The number of nitrogens with zero attached hydrogens (tertiary/aromatic N) is 4. The molecule has 2 amide bonds. The molecule has 6 heteroatoms. The van der Waals surface area contributed by atoms with Crippen LogP contribution in [-0.2, 0) is 24.2 Å². The first-order chi connectivity index (χ1) is 18.0. The number of urea groups is 1. The van der Waals surface area contributed by atoms with E-state index in [-0.39, 0.29) is 12.1 Å². The number of anilines is 1. The predicted molar refractivity (Wildman–Crippen MR) is 149 cm³/mol. The highest BCUT2D eigenvalue weighted by Crippen LogP contribution is 2.32. The summed E-state index contributed by atoms with van der Waals surface area (Å²) < 4.78 is 0. The minimum atomic E-state index is -0.791. The Labute approximate surface area is 221 Å². The number of likely N-dealkylation sites (N-methyl/N-ethyl adjacent to an activating group) is 1. The minimum absolute atomic E-state index is 0.0734. The van der Waals surface area contributed by atoms with Crippen LogP contribution in [0, 0.1) is 0 Å². The number of piperidine rings is 1. The molecular formula is C31H40N4O2. The second kappa shape index (κ2) is 11.1. The summed E-state index contributed by atoms with van der Waals surface area (Å²) in [5.74, 6) is 0. The van der Waals surface area contributed by atoms with Crippen LogP contribution < -0.4 is 4.90 Å². The number of hydrogen-bond donors (Lipinski definition) is 0. The second-order valence-electron chi connectivity index (χ2n) is 11.0. The number of fused-ring (bicyclic) bond motifs is 1. The zero-order chi connectivity index (χ0) is 25.8. The fourth-order valence-electron chi connectivity index (χ4n) is 6.33. The van der Waals surface area contributed by atoms with Crippen LogP contribution in [0.4, 0.5) is 10.5 Å². The molecule has 0 atom stereocenters. The second-order valence-corrected chi connectivity index (χ2v) is 11.0. The highest BCUT2D eigenvalue weighted by molar-refractivity contribution is 5.81. The van der Waals surface area contributed by atoms with Crippen molar-refractivity contribution in [2.45, 2.75) is 56.7 Å². The molecule has 0 bridgehead atoms. The molecule has 2 aromatic rings. The number of carbonyl (C=O) groups excluding carboxylic acids is 2. The first-order valence-electron chi connectivity index (χ1n) is 13.8. The third kappa shape index (κ3) is 5.30. The average Bonchev–Trinajstić information content (AvgIpc) is 3.63. The number of carbonyl (C=O) groups is 2. The van der Waals surface area contributed by atoms with Crippen molar-refractivity contribution in [2.24, 2.45) is 0 Å². The molecule has 2 fully saturated rings.